The fourth-order valence-electron chi connectivity index (χ4n) is 1.39. The van der Waals surface area contributed by atoms with E-state index in [9.17, 15) is 17.2 Å². The molecule has 4 nitrogen and oxygen atoms in total. The summed E-state index contributed by atoms with van der Waals surface area (Å²) in [6.07, 6.45) is 0. The second-order valence-corrected chi connectivity index (χ2v) is 5.23. The second-order valence-electron chi connectivity index (χ2n) is 3.67. The molecule has 0 aliphatic heterocycles. The van der Waals surface area contributed by atoms with E-state index in [0.29, 0.717) is 0 Å². The number of hydrogen-bond donors (Lipinski definition) is 1. The maximum Gasteiger partial charge on any atom is 0.238 e. The zero-order valence-electron chi connectivity index (χ0n) is 9.51. The van der Waals surface area contributed by atoms with Gasteiger partial charge in [0.2, 0.25) is 15.8 Å². The van der Waals surface area contributed by atoms with Crippen LogP contribution >= 0.6 is 0 Å². The van der Waals surface area contributed by atoms with Crippen LogP contribution in [-0.2, 0) is 10.0 Å². The second kappa shape index (κ2) is 4.94. The Balaban J connectivity index is 2.27. The van der Waals surface area contributed by atoms with Crippen LogP contribution in [0.2, 0.25) is 0 Å². The van der Waals surface area contributed by atoms with Crippen LogP contribution in [0.5, 0.6) is 11.5 Å². The molecule has 0 amide bonds. The van der Waals surface area contributed by atoms with Crippen LogP contribution in [0, 0.1) is 11.6 Å². The van der Waals surface area contributed by atoms with E-state index >= 15 is 0 Å². The summed E-state index contributed by atoms with van der Waals surface area (Å²) in [5, 5.41) is 4.93. The van der Waals surface area contributed by atoms with E-state index in [1.54, 1.807) is 0 Å². The number of primary sulfonamides is 1. The molecule has 2 aromatic rings. The molecule has 0 aliphatic rings. The van der Waals surface area contributed by atoms with Crippen LogP contribution in [0.4, 0.5) is 8.78 Å². The van der Waals surface area contributed by atoms with Gasteiger partial charge in [0.1, 0.15) is 5.75 Å². The molecule has 0 fully saturated rings. The third-order valence-electron chi connectivity index (χ3n) is 2.30. The molecule has 19 heavy (non-hydrogen) atoms. The van der Waals surface area contributed by atoms with Crippen LogP contribution in [0.15, 0.2) is 47.4 Å². The maximum atomic E-state index is 13.3. The number of benzene rings is 2. The molecular weight excluding hydrogens is 276 g/mol. The Kier molecular flexibility index (Phi) is 3.50. The third kappa shape index (κ3) is 3.07. The quantitative estimate of drug-likeness (QED) is 0.941. The van der Waals surface area contributed by atoms with Gasteiger partial charge < -0.3 is 4.74 Å². The molecule has 0 radical (unpaired) electrons. The molecule has 7 heteroatoms. The first-order valence-corrected chi connectivity index (χ1v) is 6.67. The molecule has 0 bridgehead atoms. The minimum atomic E-state index is -3.80. The van der Waals surface area contributed by atoms with Crippen molar-refractivity contribution in [1.82, 2.24) is 0 Å². The Bertz CT molecular complexity index is 699. The minimum Gasteiger partial charge on any atom is -0.454 e. The lowest BCUT2D eigenvalue weighted by atomic mass is 10.3. The molecule has 0 unspecified atom stereocenters. The van der Waals surface area contributed by atoms with Crippen molar-refractivity contribution in [3.05, 3.63) is 54.1 Å². The highest BCUT2D eigenvalue weighted by molar-refractivity contribution is 7.89. The molecule has 0 aromatic heterocycles. The van der Waals surface area contributed by atoms with Crippen LogP contribution in [0.3, 0.4) is 0 Å². The van der Waals surface area contributed by atoms with Crippen molar-refractivity contribution in [3.8, 4) is 11.5 Å². The standard InChI is InChI=1S/C12H9F2NO3S/c13-10-2-1-3-11(12(10)14)18-8-4-6-9(7-5-8)19(15,16)17/h1-7H,(H2,15,16,17). The van der Waals surface area contributed by atoms with Gasteiger partial charge in [-0.2, -0.15) is 4.39 Å². The minimum absolute atomic E-state index is 0.0976. The molecule has 2 aromatic carbocycles. The van der Waals surface area contributed by atoms with Crippen molar-refractivity contribution in [2.24, 2.45) is 5.14 Å². The van der Waals surface area contributed by atoms with Gasteiger partial charge in [0.05, 0.1) is 4.90 Å². The van der Waals surface area contributed by atoms with Crippen molar-refractivity contribution in [2.45, 2.75) is 4.90 Å². The molecular formula is C12H9F2NO3S. The Morgan fingerprint density at radius 2 is 1.63 bits per heavy atom. The molecule has 0 heterocycles. The largest absolute Gasteiger partial charge is 0.454 e. The molecule has 0 saturated carbocycles. The SMILES string of the molecule is NS(=O)(=O)c1ccc(Oc2cccc(F)c2F)cc1. The number of rotatable bonds is 3. The first-order valence-electron chi connectivity index (χ1n) is 5.12. The molecule has 0 saturated heterocycles. The third-order valence-corrected chi connectivity index (χ3v) is 3.23. The van der Waals surface area contributed by atoms with Crippen molar-refractivity contribution >= 4 is 10.0 Å². The maximum absolute atomic E-state index is 13.3. The van der Waals surface area contributed by atoms with E-state index in [4.69, 9.17) is 9.88 Å². The van der Waals surface area contributed by atoms with Crippen LogP contribution in [0.25, 0.3) is 0 Å². The Morgan fingerprint density at radius 3 is 2.21 bits per heavy atom. The van der Waals surface area contributed by atoms with E-state index < -0.39 is 21.7 Å². The summed E-state index contributed by atoms with van der Waals surface area (Å²) in [4.78, 5) is -0.0976. The van der Waals surface area contributed by atoms with Gasteiger partial charge in [0.25, 0.3) is 0 Å². The number of sulfonamides is 1. The van der Waals surface area contributed by atoms with E-state index in [-0.39, 0.29) is 16.4 Å². The first-order chi connectivity index (χ1) is 8.88. The number of ether oxygens (including phenoxy) is 1. The van der Waals surface area contributed by atoms with Gasteiger partial charge in [0, 0.05) is 0 Å². The zero-order valence-corrected chi connectivity index (χ0v) is 10.3. The van der Waals surface area contributed by atoms with Gasteiger partial charge in [0.15, 0.2) is 11.6 Å². The van der Waals surface area contributed by atoms with E-state index in [1.807, 2.05) is 0 Å². The summed E-state index contributed by atoms with van der Waals surface area (Å²) >= 11 is 0. The summed E-state index contributed by atoms with van der Waals surface area (Å²) in [5.41, 5.74) is 0. The summed E-state index contributed by atoms with van der Waals surface area (Å²) in [7, 11) is -3.80. The lowest BCUT2D eigenvalue weighted by Gasteiger charge is -2.07. The fourth-order valence-corrected chi connectivity index (χ4v) is 1.90. The van der Waals surface area contributed by atoms with E-state index in [1.165, 1.54) is 36.4 Å². The summed E-state index contributed by atoms with van der Waals surface area (Å²) in [5.74, 6) is -2.27. The van der Waals surface area contributed by atoms with Crippen molar-refractivity contribution < 1.29 is 21.9 Å². The molecule has 100 valence electrons. The highest BCUT2D eigenvalue weighted by Gasteiger charge is 2.11. The van der Waals surface area contributed by atoms with Crippen molar-refractivity contribution in [1.29, 1.82) is 0 Å². The highest BCUT2D eigenvalue weighted by atomic mass is 32.2. The van der Waals surface area contributed by atoms with Crippen molar-refractivity contribution in [3.63, 3.8) is 0 Å². The van der Waals surface area contributed by atoms with Gasteiger partial charge >= 0.3 is 0 Å². The van der Waals surface area contributed by atoms with Crippen LogP contribution in [-0.4, -0.2) is 8.42 Å². The summed E-state index contributed by atoms with van der Waals surface area (Å²) in [6, 6.07) is 8.53. The predicted molar refractivity (Wildman–Crippen MR) is 64.2 cm³/mol. The Morgan fingerprint density at radius 1 is 1.00 bits per heavy atom. The van der Waals surface area contributed by atoms with Gasteiger partial charge in [-0.05, 0) is 36.4 Å². The van der Waals surface area contributed by atoms with E-state index in [2.05, 4.69) is 0 Å². The van der Waals surface area contributed by atoms with Crippen LogP contribution < -0.4 is 9.88 Å². The molecule has 2 rings (SSSR count). The average molecular weight is 285 g/mol. The summed E-state index contributed by atoms with van der Waals surface area (Å²) in [6.45, 7) is 0. The highest BCUT2D eigenvalue weighted by Crippen LogP contribution is 2.26. The lowest BCUT2D eigenvalue weighted by Crippen LogP contribution is -2.11. The van der Waals surface area contributed by atoms with Gasteiger partial charge in [-0.25, -0.2) is 17.9 Å². The molecule has 2 N–H and O–H groups in total. The van der Waals surface area contributed by atoms with Gasteiger partial charge in [-0.15, -0.1) is 0 Å². The molecule has 0 atom stereocenters. The predicted octanol–water partition coefficient (Wildman–Crippen LogP) is 2.40. The topological polar surface area (TPSA) is 69.4 Å². The Hall–Kier alpha value is -1.99. The van der Waals surface area contributed by atoms with Crippen molar-refractivity contribution in [2.75, 3.05) is 0 Å². The van der Waals surface area contributed by atoms with Crippen LogP contribution in [0.1, 0.15) is 0 Å². The number of hydrogen-bond acceptors (Lipinski definition) is 3. The monoisotopic (exact) mass is 285 g/mol. The zero-order chi connectivity index (χ0) is 14.0. The smallest absolute Gasteiger partial charge is 0.238 e. The average Bonchev–Trinajstić information content (AvgIpc) is 2.35. The lowest BCUT2D eigenvalue weighted by molar-refractivity contribution is 0.416. The number of nitrogens with two attached hydrogens (primary N) is 1. The normalized spacial score (nSPS) is 11.3. The fraction of sp³-hybridized carbons (Fsp3) is 0. The first kappa shape index (κ1) is 13.4. The van der Waals surface area contributed by atoms with Gasteiger partial charge in [-0.3, -0.25) is 0 Å². The Labute approximate surface area is 108 Å². The van der Waals surface area contributed by atoms with E-state index in [0.717, 1.165) is 6.07 Å². The number of halogens is 2. The molecule has 0 aliphatic carbocycles. The summed E-state index contributed by atoms with van der Waals surface area (Å²) < 4.78 is 53.5. The molecule has 0 spiro atoms. The van der Waals surface area contributed by atoms with Gasteiger partial charge in [-0.1, -0.05) is 6.07 Å².